The fourth-order valence-corrected chi connectivity index (χ4v) is 1.88. The van der Waals surface area contributed by atoms with Crippen molar-refractivity contribution >= 4 is 32.5 Å². The molecule has 0 unspecified atom stereocenters. The first-order chi connectivity index (χ1) is 8.06. The van der Waals surface area contributed by atoms with E-state index in [9.17, 15) is 8.78 Å². The Balaban J connectivity index is 2.91. The van der Waals surface area contributed by atoms with Crippen molar-refractivity contribution in [3.63, 3.8) is 0 Å². The summed E-state index contributed by atoms with van der Waals surface area (Å²) in [6.45, 7) is 0. The third-order valence-corrected chi connectivity index (χ3v) is 2.83. The van der Waals surface area contributed by atoms with Gasteiger partial charge in [-0.25, -0.2) is 8.78 Å². The topological polar surface area (TPSA) is 71.5 Å². The van der Waals surface area contributed by atoms with Crippen LogP contribution in [0.2, 0.25) is 0 Å². The third-order valence-electron chi connectivity index (χ3n) is 2.25. The van der Waals surface area contributed by atoms with Crippen molar-refractivity contribution in [3.8, 4) is 0 Å². The van der Waals surface area contributed by atoms with Crippen LogP contribution in [0.25, 0.3) is 10.8 Å². The zero-order valence-electron chi connectivity index (χ0n) is 8.28. The van der Waals surface area contributed by atoms with Gasteiger partial charge >= 0.3 is 0 Å². The van der Waals surface area contributed by atoms with Crippen molar-refractivity contribution in [2.24, 2.45) is 10.9 Å². The van der Waals surface area contributed by atoms with Gasteiger partial charge in [-0.3, -0.25) is 4.98 Å². The quantitative estimate of drug-likeness (QED) is 0.279. The number of nitrogens with two attached hydrogens (primary N) is 1. The standard InChI is InChI=1S/C10H6BrF2N3O/c11-6-3-5-4(7(12)8(6)13)1-2-15-9(5)10(14)16-17/h1-3,17H,(H2,14,16). The van der Waals surface area contributed by atoms with Crippen molar-refractivity contribution in [2.45, 2.75) is 0 Å². The van der Waals surface area contributed by atoms with Crippen molar-refractivity contribution in [1.29, 1.82) is 0 Å². The van der Waals surface area contributed by atoms with Crippen LogP contribution in [0.5, 0.6) is 0 Å². The Hall–Kier alpha value is -1.76. The van der Waals surface area contributed by atoms with Gasteiger partial charge in [0.25, 0.3) is 0 Å². The molecule has 88 valence electrons. The highest BCUT2D eigenvalue weighted by molar-refractivity contribution is 9.10. The Morgan fingerprint density at radius 2 is 2.06 bits per heavy atom. The summed E-state index contributed by atoms with van der Waals surface area (Å²) in [5.74, 6) is -2.27. The van der Waals surface area contributed by atoms with Crippen LogP contribution < -0.4 is 5.73 Å². The molecule has 0 amide bonds. The minimum absolute atomic E-state index is 0.0160. The maximum atomic E-state index is 13.6. The number of fused-ring (bicyclic) bond motifs is 1. The molecule has 0 spiro atoms. The van der Waals surface area contributed by atoms with Gasteiger partial charge in [0.15, 0.2) is 17.5 Å². The molecule has 0 fully saturated rings. The van der Waals surface area contributed by atoms with E-state index in [1.807, 2.05) is 0 Å². The smallest absolute Gasteiger partial charge is 0.189 e. The molecule has 7 heteroatoms. The summed E-state index contributed by atoms with van der Waals surface area (Å²) in [6.07, 6.45) is 1.26. The number of aromatic nitrogens is 1. The highest BCUT2D eigenvalue weighted by Gasteiger charge is 2.16. The molecule has 0 saturated carbocycles. The van der Waals surface area contributed by atoms with Gasteiger partial charge in [-0.2, -0.15) is 0 Å². The average Bonchev–Trinajstić information content (AvgIpc) is 2.34. The van der Waals surface area contributed by atoms with Crippen LogP contribution in [0, 0.1) is 11.6 Å². The SMILES string of the molecule is N/C(=N/O)c1nccc2c(F)c(F)c(Br)cc12. The molecule has 0 radical (unpaired) electrons. The molecule has 1 aromatic heterocycles. The second-order valence-electron chi connectivity index (χ2n) is 3.23. The molecule has 0 atom stereocenters. The summed E-state index contributed by atoms with van der Waals surface area (Å²) in [5, 5.41) is 11.6. The third kappa shape index (κ3) is 1.82. The van der Waals surface area contributed by atoms with Crippen LogP contribution in [0.1, 0.15) is 5.69 Å². The Morgan fingerprint density at radius 3 is 2.71 bits per heavy atom. The Morgan fingerprint density at radius 1 is 1.35 bits per heavy atom. The summed E-state index contributed by atoms with van der Waals surface area (Å²) >= 11 is 2.89. The molecule has 2 aromatic rings. The van der Waals surface area contributed by atoms with Gasteiger partial charge in [-0.05, 0) is 28.1 Å². The molecular formula is C10H6BrF2N3O. The average molecular weight is 302 g/mol. The molecule has 4 nitrogen and oxygen atoms in total. The second-order valence-corrected chi connectivity index (χ2v) is 4.08. The summed E-state index contributed by atoms with van der Waals surface area (Å²) in [4.78, 5) is 3.86. The number of oxime groups is 1. The van der Waals surface area contributed by atoms with Gasteiger partial charge in [0.1, 0.15) is 5.69 Å². The number of benzene rings is 1. The van der Waals surface area contributed by atoms with E-state index in [1.165, 1.54) is 18.3 Å². The molecule has 1 aromatic carbocycles. The molecule has 0 aliphatic heterocycles. The van der Waals surface area contributed by atoms with Crippen molar-refractivity contribution in [2.75, 3.05) is 0 Å². The lowest BCUT2D eigenvalue weighted by Crippen LogP contribution is -2.15. The van der Waals surface area contributed by atoms with E-state index in [4.69, 9.17) is 10.9 Å². The maximum absolute atomic E-state index is 13.6. The summed E-state index contributed by atoms with van der Waals surface area (Å²) in [6, 6.07) is 2.64. The molecule has 2 rings (SSSR count). The number of amidine groups is 1. The van der Waals surface area contributed by atoms with Gasteiger partial charge in [0, 0.05) is 17.0 Å². The van der Waals surface area contributed by atoms with Crippen LogP contribution in [0.4, 0.5) is 8.78 Å². The predicted molar refractivity (Wildman–Crippen MR) is 61.9 cm³/mol. The molecule has 3 N–H and O–H groups in total. The van der Waals surface area contributed by atoms with E-state index in [-0.39, 0.29) is 26.8 Å². The van der Waals surface area contributed by atoms with Gasteiger partial charge in [0.05, 0.1) is 4.47 Å². The number of pyridine rings is 1. The van der Waals surface area contributed by atoms with E-state index >= 15 is 0 Å². The van der Waals surface area contributed by atoms with Crippen molar-refractivity contribution < 1.29 is 14.0 Å². The minimum Gasteiger partial charge on any atom is -0.409 e. The molecular weight excluding hydrogens is 296 g/mol. The van der Waals surface area contributed by atoms with E-state index < -0.39 is 11.6 Å². The van der Waals surface area contributed by atoms with Crippen LogP contribution in [-0.2, 0) is 0 Å². The largest absolute Gasteiger partial charge is 0.409 e. The Kier molecular flexibility index (Phi) is 2.93. The number of hydrogen-bond acceptors (Lipinski definition) is 3. The lowest BCUT2D eigenvalue weighted by molar-refractivity contribution is 0.318. The highest BCUT2D eigenvalue weighted by atomic mass is 79.9. The summed E-state index contributed by atoms with van der Waals surface area (Å²) in [5.41, 5.74) is 5.49. The maximum Gasteiger partial charge on any atom is 0.189 e. The molecule has 0 aliphatic carbocycles. The lowest BCUT2D eigenvalue weighted by atomic mass is 10.1. The zero-order valence-corrected chi connectivity index (χ0v) is 9.87. The second kappa shape index (κ2) is 4.25. The first-order valence-corrected chi connectivity index (χ1v) is 5.25. The Labute approximate surface area is 103 Å². The van der Waals surface area contributed by atoms with Gasteiger partial charge in [0.2, 0.25) is 0 Å². The molecule has 1 heterocycles. The highest BCUT2D eigenvalue weighted by Crippen LogP contribution is 2.28. The number of nitrogens with zero attached hydrogens (tertiary/aromatic N) is 2. The fraction of sp³-hybridized carbons (Fsp3) is 0. The van der Waals surface area contributed by atoms with Gasteiger partial charge < -0.3 is 10.9 Å². The molecule has 0 saturated heterocycles. The van der Waals surface area contributed by atoms with Crippen molar-refractivity contribution in [1.82, 2.24) is 4.98 Å². The predicted octanol–water partition coefficient (Wildman–Crippen LogP) is 2.37. The van der Waals surface area contributed by atoms with Crippen LogP contribution in [0.15, 0.2) is 28.0 Å². The van der Waals surface area contributed by atoms with Crippen molar-refractivity contribution in [3.05, 3.63) is 40.1 Å². The van der Waals surface area contributed by atoms with E-state index in [1.54, 1.807) is 0 Å². The van der Waals surface area contributed by atoms with Gasteiger partial charge in [-0.15, -0.1) is 0 Å². The zero-order chi connectivity index (χ0) is 12.6. The van der Waals surface area contributed by atoms with E-state index in [2.05, 4.69) is 26.1 Å². The molecule has 0 aliphatic rings. The van der Waals surface area contributed by atoms with E-state index in [0.717, 1.165) is 0 Å². The van der Waals surface area contributed by atoms with E-state index in [0.29, 0.717) is 0 Å². The van der Waals surface area contributed by atoms with Crippen LogP contribution in [0.3, 0.4) is 0 Å². The van der Waals surface area contributed by atoms with Crippen LogP contribution >= 0.6 is 15.9 Å². The summed E-state index contributed by atoms with van der Waals surface area (Å²) < 4.78 is 26.9. The molecule has 17 heavy (non-hydrogen) atoms. The Bertz CT molecular complexity index is 630. The normalized spacial score (nSPS) is 12.1. The fourth-order valence-electron chi connectivity index (χ4n) is 1.48. The number of halogens is 3. The van der Waals surface area contributed by atoms with Gasteiger partial charge in [-0.1, -0.05) is 5.16 Å². The van der Waals surface area contributed by atoms with Crippen LogP contribution in [-0.4, -0.2) is 16.0 Å². The minimum atomic E-state index is -1.01. The first kappa shape index (κ1) is 11.7. The first-order valence-electron chi connectivity index (χ1n) is 4.46. The lowest BCUT2D eigenvalue weighted by Gasteiger charge is -2.06. The summed E-state index contributed by atoms with van der Waals surface area (Å²) in [7, 11) is 0. The monoisotopic (exact) mass is 301 g/mol. The molecule has 0 bridgehead atoms. The number of rotatable bonds is 1. The number of hydrogen-bond donors (Lipinski definition) is 2.